The zero-order valence-corrected chi connectivity index (χ0v) is 33.9. The van der Waals surface area contributed by atoms with Gasteiger partial charge in [-0.15, -0.1) is 0 Å². The van der Waals surface area contributed by atoms with Crippen molar-refractivity contribution in [2.45, 2.75) is 244 Å². The minimum Gasteiger partial charge on any atom is -0.484 e. The Bertz CT molecular complexity index is 751. The van der Waals surface area contributed by atoms with Gasteiger partial charge in [-0.1, -0.05) is 194 Å². The van der Waals surface area contributed by atoms with E-state index in [-0.39, 0.29) is 13.2 Å². The van der Waals surface area contributed by atoms with Crippen LogP contribution >= 0.6 is 24.4 Å². The van der Waals surface area contributed by atoms with Crippen LogP contribution in [0.4, 0.5) is 0 Å². The molecule has 0 amide bonds. The van der Waals surface area contributed by atoms with Gasteiger partial charge in [0.2, 0.25) is 0 Å². The molecule has 0 aliphatic carbocycles. The molecular weight excluding hydrogens is 649 g/mol. The molecule has 4 atom stereocenters. The van der Waals surface area contributed by atoms with E-state index in [9.17, 15) is 10.2 Å². The second kappa shape index (κ2) is 34.7. The maximum absolute atomic E-state index is 10.7. The lowest BCUT2D eigenvalue weighted by molar-refractivity contribution is -0.0657. The summed E-state index contributed by atoms with van der Waals surface area (Å²) in [5.41, 5.74) is 0. The van der Waals surface area contributed by atoms with Crippen LogP contribution in [0.15, 0.2) is 0 Å². The quantitative estimate of drug-likeness (QED) is 0.0492. The molecule has 0 radical (unpaired) electrons. The fourth-order valence-corrected chi connectivity index (χ4v) is 7.39. The molecule has 49 heavy (non-hydrogen) atoms. The van der Waals surface area contributed by atoms with Crippen molar-refractivity contribution in [2.75, 3.05) is 13.2 Å². The number of rotatable bonds is 36. The van der Waals surface area contributed by atoms with Gasteiger partial charge >= 0.3 is 0 Å². The Morgan fingerprint density at radius 2 is 0.878 bits per heavy atom. The summed E-state index contributed by atoms with van der Waals surface area (Å²) in [7, 11) is 0. The van der Waals surface area contributed by atoms with Gasteiger partial charge in [0, 0.05) is 12.8 Å². The first kappa shape index (κ1) is 46.7. The van der Waals surface area contributed by atoms with Crippen molar-refractivity contribution in [3.63, 3.8) is 0 Å². The van der Waals surface area contributed by atoms with Gasteiger partial charge in [0.05, 0.1) is 6.61 Å². The van der Waals surface area contributed by atoms with Gasteiger partial charge in [0.25, 0.3) is 0 Å². The van der Waals surface area contributed by atoms with E-state index in [2.05, 4.69) is 13.8 Å². The third kappa shape index (κ3) is 27.9. The fourth-order valence-electron chi connectivity index (χ4n) is 6.91. The van der Waals surface area contributed by atoms with E-state index in [1.807, 2.05) is 0 Å². The maximum atomic E-state index is 10.7. The van der Waals surface area contributed by atoms with E-state index >= 15 is 0 Å². The van der Waals surface area contributed by atoms with Crippen LogP contribution in [-0.4, -0.2) is 57.9 Å². The summed E-state index contributed by atoms with van der Waals surface area (Å²) in [4.78, 5) is 0. The topological polar surface area (TPSA) is 68.2 Å². The summed E-state index contributed by atoms with van der Waals surface area (Å²) in [6, 6.07) is 0. The van der Waals surface area contributed by atoms with Crippen LogP contribution < -0.4 is 0 Å². The molecule has 0 bridgehead atoms. The zero-order chi connectivity index (χ0) is 35.6. The van der Waals surface area contributed by atoms with Crippen molar-refractivity contribution < 1.29 is 24.4 Å². The number of thiocarbonyl (C=S) groups is 2. The minimum absolute atomic E-state index is 0.0234. The lowest BCUT2D eigenvalue weighted by atomic mass is 10.0. The first-order chi connectivity index (χ1) is 24.0. The molecule has 0 spiro atoms. The zero-order valence-electron chi connectivity index (χ0n) is 32.3. The van der Waals surface area contributed by atoms with E-state index < -0.39 is 24.4 Å². The summed E-state index contributed by atoms with van der Waals surface area (Å²) >= 11 is 10.8. The standard InChI is InChI=1S/C42H80O5S2/c1-3-5-7-9-11-13-15-17-19-21-23-25-27-29-31-33-39(48)45-35-37(43)42-41(44)38(36-46-42)47-40(49)34-32-30-28-26-24-22-20-18-16-14-12-10-8-6-4-2/h37-38,41-44H,3-36H2,1-2H3/t37-,38+,41+,42+/m1/s1. The Hall–Kier alpha value is -0.340. The number of hydrogen-bond acceptors (Lipinski definition) is 7. The summed E-state index contributed by atoms with van der Waals surface area (Å²) in [5, 5.41) is 22.4. The van der Waals surface area contributed by atoms with Gasteiger partial charge in [-0.25, -0.2) is 0 Å². The lowest BCUT2D eigenvalue weighted by Gasteiger charge is -2.23. The smallest absolute Gasteiger partial charge is 0.160 e. The molecule has 0 aromatic heterocycles. The molecule has 1 heterocycles. The molecule has 1 aliphatic rings. The Morgan fingerprint density at radius 3 is 1.24 bits per heavy atom. The van der Waals surface area contributed by atoms with Crippen molar-refractivity contribution in [3.8, 4) is 0 Å². The Kier molecular flexibility index (Phi) is 33.1. The number of unbranched alkanes of at least 4 members (excludes halogenated alkanes) is 28. The van der Waals surface area contributed by atoms with Gasteiger partial charge in [0.1, 0.15) is 24.9 Å². The molecule has 290 valence electrons. The van der Waals surface area contributed by atoms with Crippen LogP contribution in [0.2, 0.25) is 0 Å². The highest BCUT2D eigenvalue weighted by Gasteiger charge is 2.42. The minimum atomic E-state index is -0.966. The average Bonchev–Trinajstić information content (AvgIpc) is 3.46. The molecular formula is C42H80O5S2. The van der Waals surface area contributed by atoms with Gasteiger partial charge in [-0.3, -0.25) is 0 Å². The second-order valence-corrected chi connectivity index (χ2v) is 15.9. The van der Waals surface area contributed by atoms with Gasteiger partial charge in [-0.2, -0.15) is 0 Å². The van der Waals surface area contributed by atoms with Crippen molar-refractivity contribution in [3.05, 3.63) is 0 Å². The molecule has 0 aromatic carbocycles. The molecule has 0 saturated carbocycles. The van der Waals surface area contributed by atoms with E-state index in [1.165, 1.54) is 167 Å². The summed E-state index contributed by atoms with van der Waals surface area (Å²) in [6.45, 7) is 4.79. The highest BCUT2D eigenvalue weighted by Crippen LogP contribution is 2.23. The number of ether oxygens (including phenoxy) is 3. The summed E-state index contributed by atoms with van der Waals surface area (Å²) in [6.07, 6.45) is 38.2. The molecule has 0 aromatic rings. The van der Waals surface area contributed by atoms with Crippen LogP contribution in [0.3, 0.4) is 0 Å². The number of hydrogen-bond donors (Lipinski definition) is 2. The largest absolute Gasteiger partial charge is 0.484 e. The highest BCUT2D eigenvalue weighted by molar-refractivity contribution is 7.80. The first-order valence-electron chi connectivity index (χ1n) is 21.3. The molecule has 1 aliphatic heterocycles. The number of aliphatic hydroxyl groups is 2. The van der Waals surface area contributed by atoms with Crippen molar-refractivity contribution in [2.24, 2.45) is 0 Å². The molecule has 5 nitrogen and oxygen atoms in total. The summed E-state index contributed by atoms with van der Waals surface area (Å²) in [5.74, 6) is 0. The predicted molar refractivity (Wildman–Crippen MR) is 217 cm³/mol. The van der Waals surface area contributed by atoms with Gasteiger partial charge in [0.15, 0.2) is 16.2 Å². The highest BCUT2D eigenvalue weighted by atomic mass is 32.1. The normalized spacial score (nSPS) is 18.2. The molecule has 0 unspecified atom stereocenters. The molecule has 1 rings (SSSR count). The summed E-state index contributed by atoms with van der Waals surface area (Å²) < 4.78 is 17.2. The van der Waals surface area contributed by atoms with Crippen LogP contribution in [0.5, 0.6) is 0 Å². The second-order valence-electron chi connectivity index (χ2n) is 15.0. The molecule has 1 saturated heterocycles. The van der Waals surface area contributed by atoms with E-state index in [1.54, 1.807) is 0 Å². The SMILES string of the molecule is CCCCCCCCCCCCCCCCCC(=S)OC[C@@H](O)[C@@H]1OC[C@H](OC(=S)CCCCCCCCCCCCCCCCC)[C@@H]1O. The van der Waals surface area contributed by atoms with E-state index in [0.29, 0.717) is 10.1 Å². The van der Waals surface area contributed by atoms with Crippen LogP contribution in [0.25, 0.3) is 0 Å². The predicted octanol–water partition coefficient (Wildman–Crippen LogP) is 12.7. The van der Waals surface area contributed by atoms with E-state index in [4.69, 9.17) is 38.6 Å². The molecule has 7 heteroatoms. The van der Waals surface area contributed by atoms with Crippen LogP contribution in [0, 0.1) is 0 Å². The van der Waals surface area contributed by atoms with Crippen molar-refractivity contribution >= 4 is 34.5 Å². The third-order valence-corrected chi connectivity index (χ3v) is 10.8. The molecule has 2 N–H and O–H groups in total. The van der Waals surface area contributed by atoms with E-state index in [0.717, 1.165) is 38.5 Å². The fraction of sp³-hybridized carbons (Fsp3) is 0.952. The third-order valence-electron chi connectivity index (χ3n) is 10.2. The first-order valence-corrected chi connectivity index (χ1v) is 22.1. The molecule has 1 fully saturated rings. The van der Waals surface area contributed by atoms with Gasteiger partial charge < -0.3 is 24.4 Å². The monoisotopic (exact) mass is 729 g/mol. The Labute approximate surface area is 314 Å². The van der Waals surface area contributed by atoms with Gasteiger partial charge in [-0.05, 0) is 37.3 Å². The lowest BCUT2D eigenvalue weighted by Crippen LogP contribution is -2.42. The Morgan fingerprint density at radius 1 is 0.551 bits per heavy atom. The number of aliphatic hydroxyl groups excluding tert-OH is 2. The maximum Gasteiger partial charge on any atom is 0.160 e. The average molecular weight is 729 g/mol. The Balaban J connectivity index is 1.95. The van der Waals surface area contributed by atoms with Crippen molar-refractivity contribution in [1.82, 2.24) is 0 Å². The van der Waals surface area contributed by atoms with Crippen LogP contribution in [0.1, 0.15) is 219 Å². The van der Waals surface area contributed by atoms with Crippen LogP contribution in [-0.2, 0) is 14.2 Å². The van der Waals surface area contributed by atoms with Crippen molar-refractivity contribution in [1.29, 1.82) is 0 Å².